The number of nitrogens with zero attached hydrogens (tertiary/aromatic N) is 1. The number of alkyl halides is 3. The van der Waals surface area contributed by atoms with Crippen LogP contribution >= 0.6 is 11.6 Å². The number of Topliss-reactive ketones (excluding diaryl/α,β-unsaturated/α-hetero) is 1. The van der Waals surface area contributed by atoms with Crippen molar-refractivity contribution in [2.45, 2.75) is 19.4 Å². The first kappa shape index (κ1) is 17.6. The fourth-order valence-electron chi connectivity index (χ4n) is 2.19. The first-order valence-electron chi connectivity index (χ1n) is 6.77. The van der Waals surface area contributed by atoms with Gasteiger partial charge in [-0.2, -0.15) is 13.2 Å². The lowest BCUT2D eigenvalue weighted by Crippen LogP contribution is -2.22. The number of ketones is 1. The van der Waals surface area contributed by atoms with Crippen molar-refractivity contribution in [2.24, 2.45) is 0 Å². The van der Waals surface area contributed by atoms with E-state index in [1.807, 2.05) is 0 Å². The van der Waals surface area contributed by atoms with Crippen molar-refractivity contribution in [1.29, 1.82) is 0 Å². The summed E-state index contributed by atoms with van der Waals surface area (Å²) >= 11 is 5.79. The lowest BCUT2D eigenvalue weighted by Gasteiger charge is -2.17. The molecule has 0 radical (unpaired) electrons. The van der Waals surface area contributed by atoms with E-state index in [-0.39, 0.29) is 28.6 Å². The largest absolute Gasteiger partial charge is 0.441 e. The van der Waals surface area contributed by atoms with Crippen LogP contribution in [0.5, 0.6) is 0 Å². The number of carbonyl (C=O) groups excluding carboxylic acids is 1. The average Bonchev–Trinajstić information content (AvgIpc) is 2.75. The predicted octanol–water partition coefficient (Wildman–Crippen LogP) is 3.55. The molecule has 1 aromatic rings. The Morgan fingerprint density at radius 3 is 2.48 bits per heavy atom. The third kappa shape index (κ3) is 3.61. The number of halogens is 4. The second kappa shape index (κ2) is 6.41. The van der Waals surface area contributed by atoms with Gasteiger partial charge in [0.05, 0.1) is 11.1 Å². The van der Waals surface area contributed by atoms with Gasteiger partial charge in [0.25, 0.3) is 6.29 Å². The number of benzene rings is 1. The van der Waals surface area contributed by atoms with Gasteiger partial charge >= 0.3 is 6.18 Å². The van der Waals surface area contributed by atoms with Gasteiger partial charge in [0.2, 0.25) is 11.7 Å². The first-order chi connectivity index (χ1) is 10.6. The molecule has 1 aliphatic rings. The maximum Gasteiger partial charge on any atom is 0.416 e. The van der Waals surface area contributed by atoms with Crippen LogP contribution < -0.4 is 0 Å². The van der Waals surface area contributed by atoms with Crippen LogP contribution in [-0.4, -0.2) is 37.7 Å². The van der Waals surface area contributed by atoms with Gasteiger partial charge in [0.1, 0.15) is 0 Å². The molecule has 0 aromatic heterocycles. The predicted molar refractivity (Wildman–Crippen MR) is 78.6 cm³/mol. The molecule has 0 fully saturated rings. The number of hydrogen-bond donors (Lipinski definition) is 0. The van der Waals surface area contributed by atoms with Crippen molar-refractivity contribution in [1.82, 2.24) is 4.90 Å². The van der Waals surface area contributed by atoms with Crippen LogP contribution in [0.15, 0.2) is 24.1 Å². The molecule has 0 bridgehead atoms. The summed E-state index contributed by atoms with van der Waals surface area (Å²) in [6.07, 6.45) is -5.74. The Bertz CT molecular complexity index is 656. The van der Waals surface area contributed by atoms with E-state index in [1.165, 1.54) is 11.0 Å². The SMILES string of the molecule is CCOC1OC(N(C)C)=C(c2cc(Cl)cc(C(F)(F)F)c2)C1=O. The molecule has 23 heavy (non-hydrogen) atoms. The van der Waals surface area contributed by atoms with Crippen LogP contribution in [0.1, 0.15) is 18.1 Å². The fourth-order valence-corrected chi connectivity index (χ4v) is 2.43. The lowest BCUT2D eigenvalue weighted by molar-refractivity contribution is -0.150. The van der Waals surface area contributed by atoms with Crippen molar-refractivity contribution < 1.29 is 27.4 Å². The number of carbonyl (C=O) groups is 1. The Kier molecular flexibility index (Phi) is 4.91. The van der Waals surface area contributed by atoms with Gasteiger partial charge in [-0.05, 0) is 30.7 Å². The lowest BCUT2D eigenvalue weighted by atomic mass is 10.00. The maximum atomic E-state index is 13.0. The van der Waals surface area contributed by atoms with Gasteiger partial charge in [-0.15, -0.1) is 0 Å². The Morgan fingerprint density at radius 1 is 1.30 bits per heavy atom. The highest BCUT2D eigenvalue weighted by atomic mass is 35.5. The van der Waals surface area contributed by atoms with Crippen LogP contribution in [0, 0.1) is 0 Å². The highest BCUT2D eigenvalue weighted by Crippen LogP contribution is 2.37. The van der Waals surface area contributed by atoms with Gasteiger partial charge in [-0.3, -0.25) is 4.79 Å². The zero-order valence-electron chi connectivity index (χ0n) is 12.7. The standard InChI is InChI=1S/C15H15ClF3NO3/c1-4-22-14-12(21)11(13(23-14)20(2)3)8-5-9(15(17,18)19)7-10(16)6-8/h5-7,14H,4H2,1-3H3. The van der Waals surface area contributed by atoms with Crippen LogP contribution in [0.4, 0.5) is 13.2 Å². The fraction of sp³-hybridized carbons (Fsp3) is 0.400. The monoisotopic (exact) mass is 349 g/mol. The first-order valence-corrected chi connectivity index (χ1v) is 7.15. The molecule has 4 nitrogen and oxygen atoms in total. The van der Waals surface area contributed by atoms with E-state index in [0.717, 1.165) is 12.1 Å². The second-order valence-electron chi connectivity index (χ2n) is 5.07. The number of ether oxygens (including phenoxy) is 2. The van der Waals surface area contributed by atoms with E-state index in [9.17, 15) is 18.0 Å². The minimum atomic E-state index is -4.57. The molecule has 126 valence electrons. The van der Waals surface area contributed by atoms with E-state index in [1.54, 1.807) is 21.0 Å². The normalized spacial score (nSPS) is 18.4. The Hall–Kier alpha value is -1.73. The van der Waals surface area contributed by atoms with Crippen molar-refractivity contribution in [3.63, 3.8) is 0 Å². The summed E-state index contributed by atoms with van der Waals surface area (Å²) in [5.41, 5.74) is -0.875. The Balaban J connectivity index is 2.56. The third-order valence-corrected chi connectivity index (χ3v) is 3.35. The Labute approximate surface area is 136 Å². The van der Waals surface area contributed by atoms with Crippen molar-refractivity contribution >= 4 is 23.0 Å². The summed E-state index contributed by atoms with van der Waals surface area (Å²) in [7, 11) is 3.23. The Morgan fingerprint density at radius 2 is 1.96 bits per heavy atom. The number of rotatable bonds is 4. The van der Waals surface area contributed by atoms with Gasteiger partial charge in [-0.25, -0.2) is 0 Å². The van der Waals surface area contributed by atoms with Gasteiger partial charge in [0.15, 0.2) is 0 Å². The highest BCUT2D eigenvalue weighted by molar-refractivity contribution is 6.31. The van der Waals surface area contributed by atoms with E-state index in [2.05, 4.69) is 0 Å². The molecule has 0 saturated heterocycles. The molecule has 0 aliphatic carbocycles. The molecule has 0 saturated carbocycles. The minimum absolute atomic E-state index is 0.0152. The summed E-state index contributed by atoms with van der Waals surface area (Å²) < 4.78 is 49.5. The van der Waals surface area contributed by atoms with Crippen LogP contribution in [0.3, 0.4) is 0 Å². The molecule has 8 heteroatoms. The van der Waals surface area contributed by atoms with Crippen molar-refractivity contribution in [3.05, 3.63) is 40.2 Å². The molecular weight excluding hydrogens is 335 g/mol. The van der Waals surface area contributed by atoms with Gasteiger partial charge in [-0.1, -0.05) is 11.6 Å². The van der Waals surface area contributed by atoms with E-state index >= 15 is 0 Å². The van der Waals surface area contributed by atoms with Crippen molar-refractivity contribution in [3.8, 4) is 0 Å². The zero-order valence-corrected chi connectivity index (χ0v) is 13.5. The van der Waals surface area contributed by atoms with E-state index < -0.39 is 23.8 Å². The number of hydrogen-bond acceptors (Lipinski definition) is 4. The molecule has 1 aromatic carbocycles. The minimum Gasteiger partial charge on any atom is -0.441 e. The summed E-state index contributed by atoms with van der Waals surface area (Å²) in [4.78, 5) is 13.9. The molecule has 1 heterocycles. The smallest absolute Gasteiger partial charge is 0.416 e. The average molecular weight is 350 g/mol. The summed E-state index contributed by atoms with van der Waals surface area (Å²) in [6.45, 7) is 1.92. The molecular formula is C15H15ClF3NO3. The molecule has 0 spiro atoms. The topological polar surface area (TPSA) is 38.8 Å². The third-order valence-electron chi connectivity index (χ3n) is 3.13. The van der Waals surface area contributed by atoms with Crippen LogP contribution in [0.25, 0.3) is 5.57 Å². The van der Waals surface area contributed by atoms with Gasteiger partial charge in [0, 0.05) is 25.7 Å². The highest BCUT2D eigenvalue weighted by Gasteiger charge is 2.39. The molecule has 0 amide bonds. The second-order valence-corrected chi connectivity index (χ2v) is 5.51. The quantitative estimate of drug-likeness (QED) is 0.833. The summed E-state index contributed by atoms with van der Waals surface area (Å²) in [6, 6.07) is 2.98. The zero-order chi connectivity index (χ0) is 17.4. The molecule has 0 N–H and O–H groups in total. The summed E-state index contributed by atoms with van der Waals surface area (Å²) in [5, 5.41) is -0.118. The van der Waals surface area contributed by atoms with E-state index in [4.69, 9.17) is 21.1 Å². The van der Waals surface area contributed by atoms with Crippen LogP contribution in [0.2, 0.25) is 5.02 Å². The maximum absolute atomic E-state index is 13.0. The van der Waals surface area contributed by atoms with Gasteiger partial charge < -0.3 is 14.4 Å². The van der Waals surface area contributed by atoms with E-state index in [0.29, 0.717) is 0 Å². The molecule has 2 rings (SSSR count). The summed E-state index contributed by atoms with van der Waals surface area (Å²) in [5.74, 6) is -0.394. The van der Waals surface area contributed by atoms with Crippen LogP contribution in [-0.2, 0) is 20.4 Å². The molecule has 1 aliphatic heterocycles. The van der Waals surface area contributed by atoms with Crippen molar-refractivity contribution in [2.75, 3.05) is 20.7 Å². The molecule has 1 unspecified atom stereocenters. The molecule has 1 atom stereocenters.